The van der Waals surface area contributed by atoms with Crippen molar-refractivity contribution in [1.29, 1.82) is 0 Å². The van der Waals surface area contributed by atoms with Crippen LogP contribution in [0, 0.1) is 0 Å². The molecule has 2 amide bonds. The van der Waals surface area contributed by atoms with Gasteiger partial charge in [-0.15, -0.1) is 0 Å². The van der Waals surface area contributed by atoms with Gasteiger partial charge in [0.25, 0.3) is 0 Å². The minimum atomic E-state index is -1.30. The molecule has 0 aromatic carbocycles. The highest BCUT2D eigenvalue weighted by Gasteiger charge is 2.21. The van der Waals surface area contributed by atoms with Gasteiger partial charge in [0.15, 0.2) is 0 Å². The molecular formula is C35H59N3O6. The second-order valence-electron chi connectivity index (χ2n) is 12.1. The molecule has 0 bridgehead atoms. The Morgan fingerprint density at radius 2 is 1.11 bits per heavy atom. The van der Waals surface area contributed by atoms with E-state index in [-0.39, 0.29) is 23.2 Å². The number of hydrogen-bond acceptors (Lipinski definition) is 5. The molecule has 44 heavy (non-hydrogen) atoms. The molecule has 1 rings (SSSR count). The van der Waals surface area contributed by atoms with Crippen LogP contribution >= 0.6 is 0 Å². The van der Waals surface area contributed by atoms with Gasteiger partial charge in [0.1, 0.15) is 17.4 Å². The second-order valence-corrected chi connectivity index (χ2v) is 12.1. The fourth-order valence-electron chi connectivity index (χ4n) is 5.36. The van der Waals surface area contributed by atoms with Crippen LogP contribution in [0.15, 0.2) is 12.1 Å². The summed E-state index contributed by atoms with van der Waals surface area (Å²) in [6.07, 6.45) is 22.8. The van der Waals surface area contributed by atoms with E-state index in [0.717, 1.165) is 38.5 Å². The van der Waals surface area contributed by atoms with Crippen molar-refractivity contribution in [2.45, 2.75) is 161 Å². The predicted octanol–water partition coefficient (Wildman–Crippen LogP) is 7.85. The van der Waals surface area contributed by atoms with Crippen LogP contribution in [0.3, 0.4) is 0 Å². The van der Waals surface area contributed by atoms with E-state index in [1.165, 1.54) is 89.2 Å². The molecule has 1 heterocycles. The van der Waals surface area contributed by atoms with Crippen LogP contribution in [0.4, 0.5) is 0 Å². The number of nitrogens with zero attached hydrogens (tertiary/aromatic N) is 1. The fourth-order valence-corrected chi connectivity index (χ4v) is 5.36. The molecule has 0 aliphatic rings. The molecule has 4 N–H and O–H groups in total. The number of unbranched alkanes of at least 4 members (excludes halogenated alkanes) is 16. The number of pyridine rings is 1. The zero-order chi connectivity index (χ0) is 32.4. The number of aryl methyl sites for hydroxylation is 1. The van der Waals surface area contributed by atoms with E-state index in [9.17, 15) is 29.4 Å². The van der Waals surface area contributed by atoms with Crippen LogP contribution in [0.25, 0.3) is 0 Å². The molecule has 1 aromatic rings. The smallest absolute Gasteiger partial charge is 0.354 e. The normalized spacial score (nSPS) is 11.7. The Balaban J connectivity index is 2.57. The topological polar surface area (TPSA) is 146 Å². The summed E-state index contributed by atoms with van der Waals surface area (Å²) >= 11 is 0. The van der Waals surface area contributed by atoms with Gasteiger partial charge in [-0.3, -0.25) is 9.59 Å². The summed E-state index contributed by atoms with van der Waals surface area (Å²) in [7, 11) is 0. The highest BCUT2D eigenvalue weighted by Crippen LogP contribution is 2.14. The number of amides is 2. The zero-order valence-corrected chi connectivity index (χ0v) is 27.5. The van der Waals surface area contributed by atoms with Gasteiger partial charge in [0.2, 0.25) is 11.8 Å². The first-order valence-electron chi connectivity index (χ1n) is 17.3. The SMILES string of the molecule is CCCCCCCCCCCNC(=O)[C@H](CCCc1cc(C(=O)O)nc(C(=O)O)c1)NC(=O)CCCCCCCCCCC. The second kappa shape index (κ2) is 25.4. The van der Waals surface area contributed by atoms with Crippen molar-refractivity contribution in [1.82, 2.24) is 15.6 Å². The molecule has 9 nitrogen and oxygen atoms in total. The maximum atomic E-state index is 13.1. The molecule has 0 fully saturated rings. The minimum absolute atomic E-state index is 0.138. The fraction of sp³-hybridized carbons (Fsp3) is 0.743. The molecule has 0 saturated carbocycles. The number of carbonyl (C=O) groups is 4. The van der Waals surface area contributed by atoms with E-state index in [0.29, 0.717) is 37.8 Å². The van der Waals surface area contributed by atoms with Gasteiger partial charge in [-0.25, -0.2) is 14.6 Å². The number of rotatable bonds is 28. The van der Waals surface area contributed by atoms with Crippen LogP contribution in [0.2, 0.25) is 0 Å². The third-order valence-electron chi connectivity index (χ3n) is 8.02. The number of hydrogen-bond donors (Lipinski definition) is 4. The summed E-state index contributed by atoms with van der Waals surface area (Å²) in [6.45, 7) is 5.00. The molecule has 0 aliphatic carbocycles. The summed E-state index contributed by atoms with van der Waals surface area (Å²) in [5, 5.41) is 24.5. The summed E-state index contributed by atoms with van der Waals surface area (Å²) in [6, 6.07) is 2.02. The van der Waals surface area contributed by atoms with E-state index in [1.54, 1.807) is 0 Å². The largest absolute Gasteiger partial charge is 0.477 e. The third kappa shape index (κ3) is 19.3. The van der Waals surface area contributed by atoms with Crippen LogP contribution in [0.5, 0.6) is 0 Å². The lowest BCUT2D eigenvalue weighted by Gasteiger charge is -2.19. The van der Waals surface area contributed by atoms with Gasteiger partial charge in [-0.05, 0) is 49.8 Å². The Hall–Kier alpha value is -2.97. The number of nitrogens with one attached hydrogen (secondary N) is 2. The molecule has 0 spiro atoms. The first kappa shape index (κ1) is 39.1. The Morgan fingerprint density at radius 3 is 1.59 bits per heavy atom. The zero-order valence-electron chi connectivity index (χ0n) is 27.5. The first-order valence-corrected chi connectivity index (χ1v) is 17.3. The van der Waals surface area contributed by atoms with Crippen molar-refractivity contribution in [3.05, 3.63) is 29.1 Å². The number of carboxylic acid groups (broad SMARTS) is 2. The standard InChI is InChI=1S/C35H59N3O6/c1-3-5-7-9-11-13-15-17-19-24-32(39)38-29(33(40)36-25-20-18-16-14-12-10-8-6-4-2)23-21-22-28-26-30(34(41)42)37-31(27-28)35(43)44/h26-27,29H,3-25H2,1-2H3,(H,36,40)(H,38,39)(H,41,42)(H,43,44)/t29-/m0/s1. The van der Waals surface area contributed by atoms with E-state index in [2.05, 4.69) is 29.5 Å². The highest BCUT2D eigenvalue weighted by atomic mass is 16.4. The molecule has 0 aliphatic heterocycles. The maximum Gasteiger partial charge on any atom is 0.354 e. The quantitative estimate of drug-likeness (QED) is 0.0700. The van der Waals surface area contributed by atoms with Crippen molar-refractivity contribution in [2.24, 2.45) is 0 Å². The van der Waals surface area contributed by atoms with E-state index < -0.39 is 18.0 Å². The lowest BCUT2D eigenvalue weighted by molar-refractivity contribution is -0.129. The van der Waals surface area contributed by atoms with Gasteiger partial charge >= 0.3 is 11.9 Å². The van der Waals surface area contributed by atoms with Gasteiger partial charge < -0.3 is 20.8 Å². The molecule has 1 aromatic heterocycles. The number of carboxylic acids is 2. The Morgan fingerprint density at radius 1 is 0.659 bits per heavy atom. The first-order chi connectivity index (χ1) is 21.3. The maximum absolute atomic E-state index is 13.1. The van der Waals surface area contributed by atoms with Crippen molar-refractivity contribution >= 4 is 23.8 Å². The Bertz CT molecular complexity index is 936. The Kier molecular flexibility index (Phi) is 22.5. The molecule has 9 heteroatoms. The molecule has 0 unspecified atom stereocenters. The molecule has 250 valence electrons. The minimum Gasteiger partial charge on any atom is -0.477 e. The predicted molar refractivity (Wildman–Crippen MR) is 175 cm³/mol. The number of aromatic carboxylic acids is 2. The average Bonchev–Trinajstić information content (AvgIpc) is 3.00. The summed E-state index contributed by atoms with van der Waals surface area (Å²) < 4.78 is 0. The van der Waals surface area contributed by atoms with Gasteiger partial charge in [0, 0.05) is 13.0 Å². The average molecular weight is 618 g/mol. The highest BCUT2D eigenvalue weighted by molar-refractivity contribution is 5.90. The van der Waals surface area contributed by atoms with E-state index in [4.69, 9.17) is 0 Å². The number of aromatic nitrogens is 1. The van der Waals surface area contributed by atoms with Gasteiger partial charge in [-0.2, -0.15) is 0 Å². The van der Waals surface area contributed by atoms with E-state index >= 15 is 0 Å². The third-order valence-corrected chi connectivity index (χ3v) is 8.02. The monoisotopic (exact) mass is 617 g/mol. The van der Waals surface area contributed by atoms with Gasteiger partial charge in [0.05, 0.1) is 0 Å². The summed E-state index contributed by atoms with van der Waals surface area (Å²) in [5.41, 5.74) is -0.140. The molecular weight excluding hydrogens is 558 g/mol. The molecule has 1 atom stereocenters. The summed E-state index contributed by atoms with van der Waals surface area (Å²) in [4.78, 5) is 52.3. The van der Waals surface area contributed by atoms with Crippen LogP contribution in [-0.2, 0) is 16.0 Å². The lowest BCUT2D eigenvalue weighted by atomic mass is 10.0. The molecule has 0 saturated heterocycles. The van der Waals surface area contributed by atoms with Crippen molar-refractivity contribution in [3.63, 3.8) is 0 Å². The number of carbonyl (C=O) groups excluding carboxylic acids is 2. The van der Waals surface area contributed by atoms with Crippen molar-refractivity contribution in [3.8, 4) is 0 Å². The van der Waals surface area contributed by atoms with Crippen LogP contribution in [0.1, 0.15) is 175 Å². The Labute approximate surface area is 265 Å². The molecule has 0 radical (unpaired) electrons. The van der Waals surface area contributed by atoms with Crippen molar-refractivity contribution in [2.75, 3.05) is 6.54 Å². The lowest BCUT2D eigenvalue weighted by Crippen LogP contribution is -2.47. The van der Waals surface area contributed by atoms with E-state index in [1.807, 2.05) is 0 Å². The van der Waals surface area contributed by atoms with Crippen LogP contribution in [-0.4, -0.2) is 51.5 Å². The van der Waals surface area contributed by atoms with Gasteiger partial charge in [-0.1, -0.05) is 117 Å². The van der Waals surface area contributed by atoms with Crippen LogP contribution < -0.4 is 10.6 Å². The van der Waals surface area contributed by atoms with Crippen molar-refractivity contribution < 1.29 is 29.4 Å². The summed E-state index contributed by atoms with van der Waals surface area (Å²) in [5.74, 6) is -2.95.